The Morgan fingerprint density at radius 2 is 1.71 bits per heavy atom. The van der Waals surface area contributed by atoms with Crippen LogP contribution in [0.1, 0.15) is 28.4 Å². The van der Waals surface area contributed by atoms with Gasteiger partial charge in [-0.2, -0.15) is 0 Å². The van der Waals surface area contributed by atoms with Gasteiger partial charge in [-0.1, -0.05) is 37.3 Å². The minimum atomic E-state index is -0.848. The monoisotopic (exact) mass is 318 g/mol. The average molecular weight is 318 g/mol. The van der Waals surface area contributed by atoms with Gasteiger partial charge in [0.1, 0.15) is 0 Å². The van der Waals surface area contributed by atoms with Crippen molar-refractivity contribution in [3.63, 3.8) is 0 Å². The Kier molecular flexibility index (Phi) is 5.76. The molecule has 0 bridgehead atoms. The Labute approximate surface area is 134 Å². The fraction of sp³-hybridized carbons (Fsp3) is 0.235. The van der Waals surface area contributed by atoms with Gasteiger partial charge in [-0.25, -0.2) is 4.79 Å². The molecule has 0 spiro atoms. The predicted octanol–water partition coefficient (Wildman–Crippen LogP) is 5.10. The van der Waals surface area contributed by atoms with E-state index in [1.54, 1.807) is 23.5 Å². The number of carbonyl (C=O) groups is 1. The first kappa shape index (κ1) is 16.0. The number of aryl methyl sites for hydroxylation is 1. The van der Waals surface area contributed by atoms with Gasteiger partial charge in [0.05, 0.1) is 5.56 Å². The largest absolute Gasteiger partial charge is 0.478 e. The molecule has 1 N–H and O–H groups in total. The van der Waals surface area contributed by atoms with Gasteiger partial charge in [-0.05, 0) is 35.9 Å². The Hall–Kier alpha value is -1.39. The molecule has 0 aliphatic rings. The van der Waals surface area contributed by atoms with Gasteiger partial charge < -0.3 is 5.11 Å². The maximum atomic E-state index is 11.6. The normalized spacial score (nSPS) is 10.6. The average Bonchev–Trinajstić information content (AvgIpc) is 2.46. The van der Waals surface area contributed by atoms with E-state index in [0.717, 1.165) is 21.3 Å². The van der Waals surface area contributed by atoms with Crippen LogP contribution in [0.4, 0.5) is 0 Å². The van der Waals surface area contributed by atoms with Crippen molar-refractivity contribution in [1.29, 1.82) is 0 Å². The lowest BCUT2D eigenvalue weighted by Gasteiger charge is -2.11. The lowest BCUT2D eigenvalue weighted by Crippen LogP contribution is -2.02. The van der Waals surface area contributed by atoms with Gasteiger partial charge in [0.15, 0.2) is 0 Å². The summed E-state index contributed by atoms with van der Waals surface area (Å²) in [7, 11) is 0. The Bertz CT molecular complexity index is 638. The van der Waals surface area contributed by atoms with E-state index in [-0.39, 0.29) is 0 Å². The Morgan fingerprint density at radius 3 is 2.33 bits per heavy atom. The number of hydrogen-bond donors (Lipinski definition) is 1. The van der Waals surface area contributed by atoms with E-state index >= 15 is 0 Å². The molecule has 21 heavy (non-hydrogen) atoms. The first-order chi connectivity index (χ1) is 10.1. The van der Waals surface area contributed by atoms with E-state index in [9.17, 15) is 9.90 Å². The van der Waals surface area contributed by atoms with Crippen LogP contribution in [-0.2, 0) is 5.75 Å². The van der Waals surface area contributed by atoms with Crippen LogP contribution in [0.5, 0.6) is 0 Å². The second kappa shape index (κ2) is 7.57. The van der Waals surface area contributed by atoms with Crippen LogP contribution in [-0.4, -0.2) is 16.8 Å². The highest BCUT2D eigenvalue weighted by molar-refractivity contribution is 7.99. The van der Waals surface area contributed by atoms with Gasteiger partial charge in [0.25, 0.3) is 0 Å². The summed E-state index contributed by atoms with van der Waals surface area (Å²) in [6, 6.07) is 13.9. The van der Waals surface area contributed by atoms with Gasteiger partial charge in [-0.3, -0.25) is 0 Å². The molecule has 0 unspecified atom stereocenters. The van der Waals surface area contributed by atoms with E-state index in [1.165, 1.54) is 11.1 Å². The second-order valence-electron chi connectivity index (χ2n) is 4.58. The third kappa shape index (κ3) is 4.05. The van der Waals surface area contributed by atoms with Crippen molar-refractivity contribution in [2.75, 3.05) is 5.75 Å². The summed E-state index contributed by atoms with van der Waals surface area (Å²) in [5.74, 6) is 0.804. The number of benzene rings is 2. The highest BCUT2D eigenvalue weighted by atomic mass is 32.2. The molecule has 4 heteroatoms. The summed E-state index contributed by atoms with van der Waals surface area (Å²) in [6.45, 7) is 4.11. The topological polar surface area (TPSA) is 37.3 Å². The molecule has 2 aromatic carbocycles. The fourth-order valence-corrected chi connectivity index (χ4v) is 4.09. The SMILES string of the molecule is CCSc1cccc(SCc2ccccc2C)c1C(=O)O. The molecule has 0 radical (unpaired) electrons. The van der Waals surface area contributed by atoms with Crippen LogP contribution in [0.15, 0.2) is 52.3 Å². The smallest absolute Gasteiger partial charge is 0.337 e. The molecular formula is C17H18O2S2. The number of hydrogen-bond acceptors (Lipinski definition) is 3. The van der Waals surface area contributed by atoms with E-state index < -0.39 is 5.97 Å². The number of carboxylic acid groups (broad SMARTS) is 1. The standard InChI is InChI=1S/C17H18O2S2/c1-3-20-14-9-6-10-15(16(14)17(18)19)21-11-13-8-5-4-7-12(13)2/h4-10H,3,11H2,1-2H3,(H,18,19). The molecule has 0 aromatic heterocycles. The molecule has 2 nitrogen and oxygen atoms in total. The van der Waals surface area contributed by atoms with Gasteiger partial charge in [0, 0.05) is 15.5 Å². The van der Waals surface area contributed by atoms with Crippen molar-refractivity contribution in [1.82, 2.24) is 0 Å². The van der Waals surface area contributed by atoms with E-state index in [4.69, 9.17) is 0 Å². The first-order valence-corrected chi connectivity index (χ1v) is 8.77. The predicted molar refractivity (Wildman–Crippen MR) is 90.5 cm³/mol. The molecular weight excluding hydrogens is 300 g/mol. The van der Waals surface area contributed by atoms with Crippen LogP contribution >= 0.6 is 23.5 Å². The quantitative estimate of drug-likeness (QED) is 0.752. The van der Waals surface area contributed by atoms with Crippen molar-refractivity contribution in [3.05, 3.63) is 59.2 Å². The fourth-order valence-electron chi connectivity index (χ4n) is 2.05. The Morgan fingerprint density at radius 1 is 1.05 bits per heavy atom. The van der Waals surface area contributed by atoms with Crippen molar-refractivity contribution >= 4 is 29.5 Å². The van der Waals surface area contributed by atoms with Crippen LogP contribution in [0.25, 0.3) is 0 Å². The molecule has 2 aromatic rings. The minimum Gasteiger partial charge on any atom is -0.478 e. The van der Waals surface area contributed by atoms with Crippen LogP contribution in [0.2, 0.25) is 0 Å². The number of thioether (sulfide) groups is 2. The van der Waals surface area contributed by atoms with Crippen molar-refractivity contribution in [2.24, 2.45) is 0 Å². The zero-order valence-electron chi connectivity index (χ0n) is 12.1. The maximum absolute atomic E-state index is 11.6. The summed E-state index contributed by atoms with van der Waals surface area (Å²) in [6.07, 6.45) is 0. The molecule has 0 atom stereocenters. The molecule has 0 aliphatic heterocycles. The number of aromatic carboxylic acids is 1. The summed E-state index contributed by atoms with van der Waals surface area (Å²) in [5.41, 5.74) is 2.91. The zero-order valence-corrected chi connectivity index (χ0v) is 13.8. The number of rotatable bonds is 6. The molecule has 0 heterocycles. The Balaban J connectivity index is 2.25. The first-order valence-electron chi connectivity index (χ1n) is 6.80. The summed E-state index contributed by atoms with van der Waals surface area (Å²) in [4.78, 5) is 13.3. The molecule has 0 aliphatic carbocycles. The number of carboxylic acids is 1. The lowest BCUT2D eigenvalue weighted by atomic mass is 10.1. The van der Waals surface area contributed by atoms with Gasteiger partial charge in [-0.15, -0.1) is 23.5 Å². The second-order valence-corrected chi connectivity index (χ2v) is 6.91. The van der Waals surface area contributed by atoms with E-state index in [1.807, 2.05) is 37.3 Å². The molecule has 110 valence electrons. The maximum Gasteiger partial charge on any atom is 0.337 e. The van der Waals surface area contributed by atoms with Gasteiger partial charge in [0.2, 0.25) is 0 Å². The van der Waals surface area contributed by atoms with Crippen molar-refractivity contribution in [2.45, 2.75) is 29.4 Å². The lowest BCUT2D eigenvalue weighted by molar-refractivity contribution is 0.0689. The molecule has 2 rings (SSSR count). The summed E-state index contributed by atoms with van der Waals surface area (Å²) >= 11 is 3.16. The zero-order chi connectivity index (χ0) is 15.2. The highest BCUT2D eigenvalue weighted by Gasteiger charge is 2.16. The highest BCUT2D eigenvalue weighted by Crippen LogP contribution is 2.33. The summed E-state index contributed by atoms with van der Waals surface area (Å²) < 4.78 is 0. The van der Waals surface area contributed by atoms with Crippen LogP contribution in [0.3, 0.4) is 0 Å². The van der Waals surface area contributed by atoms with E-state index in [2.05, 4.69) is 19.1 Å². The van der Waals surface area contributed by atoms with E-state index in [0.29, 0.717) is 5.56 Å². The van der Waals surface area contributed by atoms with Crippen LogP contribution in [0, 0.1) is 6.92 Å². The molecule has 0 saturated heterocycles. The molecule has 0 amide bonds. The van der Waals surface area contributed by atoms with Gasteiger partial charge >= 0.3 is 5.97 Å². The van der Waals surface area contributed by atoms with Crippen molar-refractivity contribution < 1.29 is 9.90 Å². The summed E-state index contributed by atoms with van der Waals surface area (Å²) in [5, 5.41) is 9.50. The van der Waals surface area contributed by atoms with Crippen molar-refractivity contribution in [3.8, 4) is 0 Å². The third-order valence-electron chi connectivity index (χ3n) is 3.15. The third-order valence-corrected chi connectivity index (χ3v) is 5.19. The molecule has 0 fully saturated rings. The van der Waals surface area contributed by atoms with Crippen LogP contribution < -0.4 is 0 Å². The molecule has 0 saturated carbocycles. The minimum absolute atomic E-state index is 0.433.